The third-order valence-electron chi connectivity index (χ3n) is 4.54. The molecule has 1 aliphatic heterocycles. The molecule has 0 N–H and O–H groups in total. The fraction of sp³-hybridized carbons (Fsp3) is 0.200. The first-order valence-electron chi connectivity index (χ1n) is 8.41. The Labute approximate surface area is 146 Å². The maximum Gasteiger partial charge on any atom is 0.257 e. The van der Waals surface area contributed by atoms with Crippen molar-refractivity contribution in [3.63, 3.8) is 0 Å². The second kappa shape index (κ2) is 6.81. The molecule has 0 unspecified atom stereocenters. The average Bonchev–Trinajstić information content (AvgIpc) is 3.19. The molecule has 1 aliphatic rings. The average molecular weight is 330 g/mol. The van der Waals surface area contributed by atoms with Gasteiger partial charge in [-0.2, -0.15) is 0 Å². The SMILES string of the molecule is O=C(c1cnc(-c2ccncc2)nc1)N1CCC[C@H]1c1ccccc1. The van der Waals surface area contributed by atoms with Crippen LogP contribution in [0.4, 0.5) is 0 Å². The van der Waals surface area contributed by atoms with E-state index in [1.54, 1.807) is 24.8 Å². The lowest BCUT2D eigenvalue weighted by atomic mass is 10.0. The van der Waals surface area contributed by atoms with Crippen molar-refractivity contribution < 1.29 is 4.79 Å². The Morgan fingerprint density at radius 1 is 1.00 bits per heavy atom. The number of hydrogen-bond acceptors (Lipinski definition) is 4. The summed E-state index contributed by atoms with van der Waals surface area (Å²) in [6, 6.07) is 14.0. The van der Waals surface area contributed by atoms with Crippen molar-refractivity contribution in [2.24, 2.45) is 0 Å². The number of carbonyl (C=O) groups excluding carboxylic acids is 1. The highest BCUT2D eigenvalue weighted by Crippen LogP contribution is 2.32. The number of pyridine rings is 1. The van der Waals surface area contributed by atoms with Crippen molar-refractivity contribution in [2.75, 3.05) is 6.54 Å². The van der Waals surface area contributed by atoms with Crippen molar-refractivity contribution in [3.05, 3.63) is 78.4 Å². The predicted octanol–water partition coefficient (Wildman–Crippen LogP) is 3.52. The van der Waals surface area contributed by atoms with Crippen molar-refractivity contribution in [1.29, 1.82) is 0 Å². The maximum absolute atomic E-state index is 12.9. The molecule has 0 spiro atoms. The molecule has 124 valence electrons. The van der Waals surface area contributed by atoms with Gasteiger partial charge in [-0.15, -0.1) is 0 Å². The monoisotopic (exact) mass is 330 g/mol. The van der Waals surface area contributed by atoms with E-state index >= 15 is 0 Å². The highest BCUT2D eigenvalue weighted by molar-refractivity contribution is 5.94. The van der Waals surface area contributed by atoms with Crippen LogP contribution in [0, 0.1) is 0 Å². The van der Waals surface area contributed by atoms with Crippen LogP contribution in [-0.4, -0.2) is 32.3 Å². The van der Waals surface area contributed by atoms with Crippen LogP contribution in [0.5, 0.6) is 0 Å². The largest absolute Gasteiger partial charge is 0.332 e. The number of amides is 1. The molecule has 0 bridgehead atoms. The fourth-order valence-corrected chi connectivity index (χ4v) is 3.29. The summed E-state index contributed by atoms with van der Waals surface area (Å²) < 4.78 is 0. The van der Waals surface area contributed by atoms with E-state index in [9.17, 15) is 4.79 Å². The number of likely N-dealkylation sites (tertiary alicyclic amines) is 1. The first-order valence-corrected chi connectivity index (χ1v) is 8.41. The molecule has 0 radical (unpaired) electrons. The van der Waals surface area contributed by atoms with Crippen LogP contribution < -0.4 is 0 Å². The smallest absolute Gasteiger partial charge is 0.257 e. The minimum absolute atomic E-state index is 0.00682. The molecule has 2 aromatic heterocycles. The molecular formula is C20H18N4O. The summed E-state index contributed by atoms with van der Waals surface area (Å²) >= 11 is 0. The van der Waals surface area contributed by atoms with Gasteiger partial charge in [-0.3, -0.25) is 9.78 Å². The Bertz CT molecular complexity index is 850. The molecule has 1 saturated heterocycles. The maximum atomic E-state index is 12.9. The fourth-order valence-electron chi connectivity index (χ4n) is 3.29. The summed E-state index contributed by atoms with van der Waals surface area (Å²) in [6.45, 7) is 0.768. The summed E-state index contributed by atoms with van der Waals surface area (Å²) in [7, 11) is 0. The van der Waals surface area contributed by atoms with Crippen LogP contribution in [0.15, 0.2) is 67.3 Å². The zero-order chi connectivity index (χ0) is 17.1. The van der Waals surface area contributed by atoms with Gasteiger partial charge in [-0.25, -0.2) is 9.97 Å². The number of nitrogens with zero attached hydrogens (tertiary/aromatic N) is 4. The van der Waals surface area contributed by atoms with Crippen LogP contribution in [0.3, 0.4) is 0 Å². The minimum Gasteiger partial charge on any atom is -0.332 e. The van der Waals surface area contributed by atoms with Gasteiger partial charge >= 0.3 is 0 Å². The molecule has 5 nitrogen and oxygen atoms in total. The van der Waals surface area contributed by atoms with Gasteiger partial charge in [-0.1, -0.05) is 30.3 Å². The first kappa shape index (κ1) is 15.4. The van der Waals surface area contributed by atoms with E-state index in [-0.39, 0.29) is 11.9 Å². The topological polar surface area (TPSA) is 59.0 Å². The van der Waals surface area contributed by atoms with E-state index in [1.165, 1.54) is 5.56 Å². The lowest BCUT2D eigenvalue weighted by molar-refractivity contribution is 0.0735. The molecule has 3 heterocycles. The van der Waals surface area contributed by atoms with Crippen LogP contribution >= 0.6 is 0 Å². The van der Waals surface area contributed by atoms with E-state index in [4.69, 9.17) is 0 Å². The summed E-state index contributed by atoms with van der Waals surface area (Å²) in [4.78, 5) is 27.5. The minimum atomic E-state index is -0.00682. The molecule has 0 saturated carbocycles. The molecule has 1 fully saturated rings. The Balaban J connectivity index is 1.56. The number of aromatic nitrogens is 3. The lowest BCUT2D eigenvalue weighted by Gasteiger charge is -2.25. The number of hydrogen-bond donors (Lipinski definition) is 0. The third-order valence-corrected chi connectivity index (χ3v) is 4.54. The standard InChI is InChI=1S/C20H18N4O/c25-20(24-12-4-7-18(24)15-5-2-1-3-6-15)17-13-22-19(23-14-17)16-8-10-21-11-9-16/h1-3,5-6,8-11,13-14,18H,4,7,12H2/t18-/m0/s1. The number of benzene rings is 1. The van der Waals surface area contributed by atoms with Gasteiger partial charge in [0.25, 0.3) is 5.91 Å². The normalized spacial score (nSPS) is 16.8. The Kier molecular flexibility index (Phi) is 4.21. The zero-order valence-corrected chi connectivity index (χ0v) is 13.7. The van der Waals surface area contributed by atoms with E-state index in [0.717, 1.165) is 24.9 Å². The molecule has 4 rings (SSSR count). The highest BCUT2D eigenvalue weighted by atomic mass is 16.2. The van der Waals surface area contributed by atoms with Gasteiger partial charge in [0.15, 0.2) is 5.82 Å². The van der Waals surface area contributed by atoms with Gasteiger partial charge in [-0.05, 0) is 30.5 Å². The van der Waals surface area contributed by atoms with E-state index in [0.29, 0.717) is 11.4 Å². The second-order valence-electron chi connectivity index (χ2n) is 6.10. The van der Waals surface area contributed by atoms with Gasteiger partial charge in [0, 0.05) is 36.9 Å². The Morgan fingerprint density at radius 3 is 2.44 bits per heavy atom. The second-order valence-corrected chi connectivity index (χ2v) is 6.10. The lowest BCUT2D eigenvalue weighted by Crippen LogP contribution is -2.30. The number of rotatable bonds is 3. The van der Waals surface area contributed by atoms with Crippen molar-refractivity contribution in [3.8, 4) is 11.4 Å². The predicted molar refractivity (Wildman–Crippen MR) is 94.7 cm³/mol. The van der Waals surface area contributed by atoms with Crippen LogP contribution in [0.2, 0.25) is 0 Å². The van der Waals surface area contributed by atoms with E-state index in [1.807, 2.05) is 35.2 Å². The van der Waals surface area contributed by atoms with Crippen molar-refractivity contribution >= 4 is 5.91 Å². The summed E-state index contributed by atoms with van der Waals surface area (Å²) in [6.07, 6.45) is 8.64. The van der Waals surface area contributed by atoms with Crippen LogP contribution in [0.1, 0.15) is 34.8 Å². The molecule has 1 atom stereocenters. The first-order chi connectivity index (χ1) is 12.3. The van der Waals surface area contributed by atoms with Gasteiger partial charge in [0.2, 0.25) is 0 Å². The van der Waals surface area contributed by atoms with Gasteiger partial charge < -0.3 is 4.90 Å². The summed E-state index contributed by atoms with van der Waals surface area (Å²) in [5.74, 6) is 0.590. The molecule has 25 heavy (non-hydrogen) atoms. The molecular weight excluding hydrogens is 312 g/mol. The summed E-state index contributed by atoms with van der Waals surface area (Å²) in [5.41, 5.74) is 2.60. The van der Waals surface area contributed by atoms with E-state index in [2.05, 4.69) is 27.1 Å². The highest BCUT2D eigenvalue weighted by Gasteiger charge is 2.30. The Morgan fingerprint density at radius 2 is 1.72 bits per heavy atom. The Hall–Kier alpha value is -3.08. The molecule has 3 aromatic rings. The van der Waals surface area contributed by atoms with E-state index < -0.39 is 0 Å². The van der Waals surface area contributed by atoms with Crippen LogP contribution in [0.25, 0.3) is 11.4 Å². The molecule has 0 aliphatic carbocycles. The number of carbonyl (C=O) groups is 1. The zero-order valence-electron chi connectivity index (χ0n) is 13.7. The summed E-state index contributed by atoms with van der Waals surface area (Å²) in [5, 5.41) is 0. The quantitative estimate of drug-likeness (QED) is 0.737. The van der Waals surface area contributed by atoms with Crippen LogP contribution in [-0.2, 0) is 0 Å². The van der Waals surface area contributed by atoms with Gasteiger partial charge in [0.05, 0.1) is 11.6 Å². The molecule has 5 heteroatoms. The van der Waals surface area contributed by atoms with Crippen molar-refractivity contribution in [2.45, 2.75) is 18.9 Å². The van der Waals surface area contributed by atoms with Crippen molar-refractivity contribution in [1.82, 2.24) is 19.9 Å². The molecule has 1 aromatic carbocycles. The van der Waals surface area contributed by atoms with Gasteiger partial charge in [0.1, 0.15) is 0 Å². The third kappa shape index (κ3) is 3.13. The molecule has 1 amide bonds.